The number of hydrazone groups is 1. The van der Waals surface area contributed by atoms with Crippen molar-refractivity contribution in [1.82, 2.24) is 0 Å². The maximum absolute atomic E-state index is 11.5. The summed E-state index contributed by atoms with van der Waals surface area (Å²) < 4.78 is 11.0. The Balaban J connectivity index is 2.41. The van der Waals surface area contributed by atoms with Crippen LogP contribution in [0.2, 0.25) is 0 Å². The van der Waals surface area contributed by atoms with Gasteiger partial charge in [-0.25, -0.2) is 4.79 Å². The third kappa shape index (κ3) is 4.73. The summed E-state index contributed by atoms with van der Waals surface area (Å²) in [5.41, 5.74) is 8.03. The summed E-state index contributed by atoms with van der Waals surface area (Å²) in [7, 11) is 1.35. The molecule has 0 atom stereocenters. The Morgan fingerprint density at radius 1 is 1.33 bits per heavy atom. The van der Waals surface area contributed by atoms with Gasteiger partial charge in [-0.2, -0.15) is 10.4 Å². The molecule has 27 heavy (non-hydrogen) atoms. The predicted molar refractivity (Wildman–Crippen MR) is 99.3 cm³/mol. The number of benzene rings is 2. The minimum absolute atomic E-state index is 0.0236. The second-order valence-electron chi connectivity index (χ2n) is 5.20. The van der Waals surface area contributed by atoms with Gasteiger partial charge < -0.3 is 20.3 Å². The second-order valence-corrected chi connectivity index (χ2v) is 5.20. The van der Waals surface area contributed by atoms with Crippen molar-refractivity contribution in [2.45, 2.75) is 6.61 Å². The number of carboxylic acids is 1. The average molecular weight is 367 g/mol. The van der Waals surface area contributed by atoms with E-state index in [1.807, 2.05) is 30.3 Å². The number of carbonyl (C=O) groups is 1. The van der Waals surface area contributed by atoms with Crippen LogP contribution in [-0.2, 0) is 6.61 Å². The van der Waals surface area contributed by atoms with Gasteiger partial charge in [-0.1, -0.05) is 30.3 Å². The van der Waals surface area contributed by atoms with Crippen LogP contribution in [0.1, 0.15) is 15.9 Å². The summed E-state index contributed by atoms with van der Waals surface area (Å²) in [5, 5.41) is 29.3. The van der Waals surface area contributed by atoms with E-state index in [4.69, 9.17) is 25.9 Å². The molecule has 0 heterocycles. The Morgan fingerprint density at radius 3 is 2.59 bits per heavy atom. The van der Waals surface area contributed by atoms with Crippen LogP contribution in [0.3, 0.4) is 0 Å². The van der Waals surface area contributed by atoms with E-state index >= 15 is 0 Å². The SMILES string of the molecule is COc1c(OCc2ccccc2)ccc(C(=O)O)c1N/N=C(\C#N)C(=N)N. The highest BCUT2D eigenvalue weighted by Gasteiger charge is 2.20. The minimum atomic E-state index is -1.23. The van der Waals surface area contributed by atoms with Crippen molar-refractivity contribution in [3.05, 3.63) is 53.6 Å². The molecule has 0 saturated carbocycles. The van der Waals surface area contributed by atoms with Crippen LogP contribution in [0.4, 0.5) is 5.69 Å². The van der Waals surface area contributed by atoms with Crippen LogP contribution >= 0.6 is 0 Å². The van der Waals surface area contributed by atoms with E-state index in [-0.39, 0.29) is 29.4 Å². The molecular formula is C18H17N5O4. The molecule has 9 heteroatoms. The van der Waals surface area contributed by atoms with Gasteiger partial charge in [0.2, 0.25) is 5.71 Å². The van der Waals surface area contributed by atoms with Gasteiger partial charge in [0.25, 0.3) is 0 Å². The lowest BCUT2D eigenvalue weighted by atomic mass is 10.1. The number of hydrogen-bond donors (Lipinski definition) is 4. The predicted octanol–water partition coefficient (Wildman–Crippen LogP) is 2.20. The van der Waals surface area contributed by atoms with E-state index in [2.05, 4.69) is 10.5 Å². The molecule has 5 N–H and O–H groups in total. The molecule has 0 spiro atoms. The highest BCUT2D eigenvalue weighted by atomic mass is 16.5. The number of nitriles is 1. The molecule has 0 radical (unpaired) electrons. The van der Waals surface area contributed by atoms with Crippen molar-refractivity contribution in [1.29, 1.82) is 10.7 Å². The molecule has 0 aliphatic carbocycles. The quantitative estimate of drug-likeness (QED) is 0.317. The Bertz CT molecular complexity index is 919. The largest absolute Gasteiger partial charge is 0.491 e. The van der Waals surface area contributed by atoms with Crippen LogP contribution in [0.15, 0.2) is 47.6 Å². The standard InChI is InChI=1S/C18H17N5O4/c1-26-16-14(27-10-11-5-3-2-4-6-11)8-7-12(18(24)25)15(16)23-22-13(9-19)17(20)21/h2-8,23H,10H2,1H3,(H3,20,21)(H,24,25)/b22-13+. The molecule has 0 aliphatic heterocycles. The molecule has 0 fully saturated rings. The van der Waals surface area contributed by atoms with Gasteiger partial charge in [0, 0.05) is 0 Å². The maximum atomic E-state index is 11.5. The molecule has 2 aromatic rings. The first-order valence-electron chi connectivity index (χ1n) is 7.67. The molecule has 0 bridgehead atoms. The molecular weight excluding hydrogens is 350 g/mol. The van der Waals surface area contributed by atoms with E-state index in [1.165, 1.54) is 19.2 Å². The van der Waals surface area contributed by atoms with Gasteiger partial charge >= 0.3 is 5.97 Å². The van der Waals surface area contributed by atoms with E-state index in [0.29, 0.717) is 0 Å². The van der Waals surface area contributed by atoms with Crippen LogP contribution in [-0.4, -0.2) is 29.7 Å². The first-order chi connectivity index (χ1) is 13.0. The molecule has 0 aromatic heterocycles. The number of aromatic carboxylic acids is 1. The van der Waals surface area contributed by atoms with Crippen LogP contribution < -0.4 is 20.6 Å². The van der Waals surface area contributed by atoms with E-state index < -0.39 is 17.5 Å². The Hall–Kier alpha value is -4.06. The van der Waals surface area contributed by atoms with Crippen molar-refractivity contribution < 1.29 is 19.4 Å². The van der Waals surface area contributed by atoms with Gasteiger partial charge in [0.15, 0.2) is 17.3 Å². The maximum Gasteiger partial charge on any atom is 0.338 e. The molecule has 2 rings (SSSR count). The van der Waals surface area contributed by atoms with Crippen molar-refractivity contribution in [3.63, 3.8) is 0 Å². The summed E-state index contributed by atoms with van der Waals surface area (Å²) in [6.45, 7) is 0.239. The fourth-order valence-corrected chi connectivity index (χ4v) is 2.16. The monoisotopic (exact) mass is 367 g/mol. The molecule has 0 aliphatic rings. The molecule has 9 nitrogen and oxygen atoms in total. The van der Waals surface area contributed by atoms with Gasteiger partial charge in [-0.05, 0) is 17.7 Å². The summed E-state index contributed by atoms with van der Waals surface area (Å²) in [4.78, 5) is 11.5. The lowest BCUT2D eigenvalue weighted by molar-refractivity contribution is 0.0697. The minimum Gasteiger partial charge on any atom is -0.491 e. The van der Waals surface area contributed by atoms with E-state index in [0.717, 1.165) is 5.56 Å². The Labute approximate surface area is 155 Å². The number of carboxylic acid groups (broad SMARTS) is 1. The summed E-state index contributed by atoms with van der Waals surface area (Å²) >= 11 is 0. The van der Waals surface area contributed by atoms with E-state index in [9.17, 15) is 9.90 Å². The third-order valence-electron chi connectivity index (χ3n) is 3.43. The Morgan fingerprint density at radius 2 is 2.04 bits per heavy atom. The van der Waals surface area contributed by atoms with Crippen molar-refractivity contribution in [3.8, 4) is 17.6 Å². The number of nitrogens with two attached hydrogens (primary N) is 1. The highest BCUT2D eigenvalue weighted by Crippen LogP contribution is 2.38. The highest BCUT2D eigenvalue weighted by molar-refractivity contribution is 6.45. The first kappa shape index (κ1) is 19.3. The summed E-state index contributed by atoms with van der Waals surface area (Å²) in [6, 6.07) is 13.8. The molecule has 0 saturated heterocycles. The lowest BCUT2D eigenvalue weighted by Crippen LogP contribution is -2.22. The first-order valence-corrected chi connectivity index (χ1v) is 7.67. The number of nitrogens with zero attached hydrogens (tertiary/aromatic N) is 2. The van der Waals surface area contributed by atoms with Gasteiger partial charge in [0.05, 0.1) is 12.7 Å². The normalized spacial score (nSPS) is 10.6. The topological polar surface area (TPSA) is 154 Å². The fourth-order valence-electron chi connectivity index (χ4n) is 2.16. The van der Waals surface area contributed by atoms with Crippen LogP contribution in [0.25, 0.3) is 0 Å². The van der Waals surface area contributed by atoms with Gasteiger partial charge in [0.1, 0.15) is 18.4 Å². The van der Waals surface area contributed by atoms with Crippen molar-refractivity contribution >= 4 is 23.2 Å². The van der Waals surface area contributed by atoms with Gasteiger partial charge in [-0.3, -0.25) is 10.8 Å². The third-order valence-corrected chi connectivity index (χ3v) is 3.43. The van der Waals surface area contributed by atoms with Crippen LogP contribution in [0, 0.1) is 16.7 Å². The van der Waals surface area contributed by atoms with Crippen molar-refractivity contribution in [2.75, 3.05) is 12.5 Å². The molecule has 0 amide bonds. The number of nitrogens with one attached hydrogen (secondary N) is 2. The number of anilines is 1. The van der Waals surface area contributed by atoms with Crippen molar-refractivity contribution in [2.24, 2.45) is 10.8 Å². The summed E-state index contributed by atoms with van der Waals surface area (Å²) in [6.07, 6.45) is 0. The number of amidine groups is 1. The fraction of sp³-hybridized carbons (Fsp3) is 0.111. The van der Waals surface area contributed by atoms with Crippen LogP contribution in [0.5, 0.6) is 11.5 Å². The zero-order valence-electron chi connectivity index (χ0n) is 14.4. The lowest BCUT2D eigenvalue weighted by Gasteiger charge is -2.16. The smallest absolute Gasteiger partial charge is 0.338 e. The Kier molecular flexibility index (Phi) is 6.33. The zero-order valence-corrected chi connectivity index (χ0v) is 14.4. The average Bonchev–Trinajstić information content (AvgIpc) is 2.66. The number of rotatable bonds is 8. The molecule has 2 aromatic carbocycles. The molecule has 138 valence electrons. The number of methoxy groups -OCH3 is 1. The molecule has 0 unspecified atom stereocenters. The number of hydrogen-bond acceptors (Lipinski definition) is 7. The van der Waals surface area contributed by atoms with E-state index in [1.54, 1.807) is 6.07 Å². The zero-order chi connectivity index (χ0) is 19.8. The summed E-state index contributed by atoms with van der Waals surface area (Å²) in [5.74, 6) is -1.42. The second kappa shape index (κ2) is 8.87. The van der Waals surface area contributed by atoms with Gasteiger partial charge in [-0.15, -0.1) is 0 Å². The number of ether oxygens (including phenoxy) is 2.